The molecule has 1 aromatic carbocycles. The summed E-state index contributed by atoms with van der Waals surface area (Å²) in [5, 5.41) is 3.24. The highest BCUT2D eigenvalue weighted by Gasteiger charge is 2.47. The van der Waals surface area contributed by atoms with Crippen molar-refractivity contribution < 1.29 is 14.3 Å². The Morgan fingerprint density at radius 3 is 3.11 bits per heavy atom. The third-order valence-corrected chi connectivity index (χ3v) is 3.54. The van der Waals surface area contributed by atoms with Gasteiger partial charge in [-0.25, -0.2) is 4.79 Å². The molecular weight excluding hydrogens is 232 g/mol. The maximum atomic E-state index is 12.0. The molecule has 1 spiro atoms. The summed E-state index contributed by atoms with van der Waals surface area (Å²) in [6.45, 7) is 2.24. The van der Waals surface area contributed by atoms with Gasteiger partial charge in [0.1, 0.15) is 11.4 Å². The Balaban J connectivity index is 1.86. The molecule has 0 saturated carbocycles. The van der Waals surface area contributed by atoms with E-state index in [4.69, 9.17) is 9.47 Å². The van der Waals surface area contributed by atoms with E-state index < -0.39 is 0 Å². The Bertz CT molecular complexity index is 469. The van der Waals surface area contributed by atoms with E-state index >= 15 is 0 Å². The molecule has 1 unspecified atom stereocenters. The van der Waals surface area contributed by atoms with Gasteiger partial charge in [-0.05, 0) is 18.7 Å². The number of hydrogen-bond donors (Lipinski definition) is 1. The van der Waals surface area contributed by atoms with Crippen molar-refractivity contribution in [1.29, 1.82) is 0 Å². The average Bonchev–Trinajstić information content (AvgIpc) is 2.97. The van der Waals surface area contributed by atoms with Gasteiger partial charge >= 0.3 is 6.09 Å². The summed E-state index contributed by atoms with van der Waals surface area (Å²) < 4.78 is 10.7. The van der Waals surface area contributed by atoms with Crippen LogP contribution in [0.1, 0.15) is 6.42 Å². The van der Waals surface area contributed by atoms with Crippen LogP contribution in [-0.2, 0) is 4.74 Å². The first-order valence-electron chi connectivity index (χ1n) is 6.08. The summed E-state index contributed by atoms with van der Waals surface area (Å²) in [5.74, 6) is 0.741. The topological polar surface area (TPSA) is 50.8 Å². The molecule has 2 heterocycles. The fourth-order valence-electron chi connectivity index (χ4n) is 2.54. The van der Waals surface area contributed by atoms with Crippen LogP contribution in [-0.4, -0.2) is 38.4 Å². The normalized spacial score (nSPS) is 26.7. The van der Waals surface area contributed by atoms with Crippen molar-refractivity contribution in [2.45, 2.75) is 12.0 Å². The van der Waals surface area contributed by atoms with Gasteiger partial charge in [0.2, 0.25) is 0 Å². The third kappa shape index (κ3) is 1.80. The molecule has 0 bridgehead atoms. The second-order valence-electron chi connectivity index (χ2n) is 4.77. The molecule has 5 heteroatoms. The van der Waals surface area contributed by atoms with Crippen LogP contribution in [0.5, 0.6) is 5.75 Å². The lowest BCUT2D eigenvalue weighted by atomic mass is 10.0. The molecule has 0 radical (unpaired) electrons. The minimum Gasteiger partial charge on any atom is -0.497 e. The summed E-state index contributed by atoms with van der Waals surface area (Å²) in [6.07, 6.45) is 0.603. The minimum absolute atomic E-state index is 0.271. The Morgan fingerprint density at radius 1 is 1.50 bits per heavy atom. The monoisotopic (exact) mass is 248 g/mol. The van der Waals surface area contributed by atoms with Gasteiger partial charge in [-0.1, -0.05) is 6.07 Å². The summed E-state index contributed by atoms with van der Waals surface area (Å²) >= 11 is 0. The van der Waals surface area contributed by atoms with Crippen molar-refractivity contribution in [2.24, 2.45) is 0 Å². The van der Waals surface area contributed by atoms with Crippen LogP contribution in [0.3, 0.4) is 0 Å². The van der Waals surface area contributed by atoms with E-state index in [0.29, 0.717) is 6.54 Å². The van der Waals surface area contributed by atoms with Gasteiger partial charge in [-0.15, -0.1) is 0 Å². The number of nitrogens with zero attached hydrogens (tertiary/aromatic N) is 1. The van der Waals surface area contributed by atoms with Gasteiger partial charge in [0, 0.05) is 19.0 Å². The van der Waals surface area contributed by atoms with E-state index in [9.17, 15) is 4.79 Å². The molecule has 18 heavy (non-hydrogen) atoms. The quantitative estimate of drug-likeness (QED) is 0.859. The number of hydrogen-bond acceptors (Lipinski definition) is 4. The molecule has 1 amide bonds. The molecule has 96 valence electrons. The van der Waals surface area contributed by atoms with Crippen molar-refractivity contribution in [3.05, 3.63) is 24.3 Å². The number of rotatable bonds is 2. The van der Waals surface area contributed by atoms with Crippen molar-refractivity contribution in [3.63, 3.8) is 0 Å². The number of carbonyl (C=O) groups excluding carboxylic acids is 1. The van der Waals surface area contributed by atoms with Crippen molar-refractivity contribution in [3.8, 4) is 5.75 Å². The van der Waals surface area contributed by atoms with Crippen LogP contribution in [0.15, 0.2) is 24.3 Å². The fourth-order valence-corrected chi connectivity index (χ4v) is 2.54. The van der Waals surface area contributed by atoms with E-state index in [0.717, 1.165) is 30.9 Å². The highest BCUT2D eigenvalue weighted by Crippen LogP contribution is 2.33. The predicted octanol–water partition coefficient (Wildman–Crippen LogP) is 1.38. The van der Waals surface area contributed by atoms with Gasteiger partial charge in [-0.2, -0.15) is 0 Å². The van der Waals surface area contributed by atoms with E-state index in [1.165, 1.54) is 0 Å². The van der Waals surface area contributed by atoms with Gasteiger partial charge in [0.25, 0.3) is 0 Å². The van der Waals surface area contributed by atoms with Crippen molar-refractivity contribution in [2.75, 3.05) is 31.6 Å². The van der Waals surface area contributed by atoms with E-state index in [2.05, 4.69) is 5.32 Å². The van der Waals surface area contributed by atoms with Crippen LogP contribution < -0.4 is 15.0 Å². The molecule has 5 nitrogen and oxygen atoms in total. The second-order valence-corrected chi connectivity index (χ2v) is 4.77. The third-order valence-electron chi connectivity index (χ3n) is 3.54. The zero-order chi connectivity index (χ0) is 12.6. The SMILES string of the molecule is COc1cccc(N2CC3(CCNC3)OC2=O)c1. The highest BCUT2D eigenvalue weighted by molar-refractivity contribution is 5.90. The lowest BCUT2D eigenvalue weighted by Gasteiger charge is -2.19. The molecule has 2 saturated heterocycles. The number of carbonyl (C=O) groups is 1. The average molecular weight is 248 g/mol. The highest BCUT2D eigenvalue weighted by atomic mass is 16.6. The summed E-state index contributed by atoms with van der Waals surface area (Å²) in [5.41, 5.74) is 0.475. The van der Waals surface area contributed by atoms with Crippen molar-refractivity contribution in [1.82, 2.24) is 5.32 Å². The maximum Gasteiger partial charge on any atom is 0.415 e. The molecule has 0 aromatic heterocycles. The van der Waals surface area contributed by atoms with Crippen molar-refractivity contribution >= 4 is 11.8 Å². The van der Waals surface area contributed by atoms with Crippen LogP contribution >= 0.6 is 0 Å². The van der Waals surface area contributed by atoms with Crippen LogP contribution in [0, 0.1) is 0 Å². The number of nitrogens with one attached hydrogen (secondary N) is 1. The number of benzene rings is 1. The Hall–Kier alpha value is -1.75. The summed E-state index contributed by atoms with van der Waals surface area (Å²) in [7, 11) is 1.61. The lowest BCUT2D eigenvalue weighted by molar-refractivity contribution is 0.0733. The number of anilines is 1. The molecule has 2 fully saturated rings. The molecular formula is C13H16N2O3. The summed E-state index contributed by atoms with van der Waals surface area (Å²) in [6, 6.07) is 7.48. The molecule has 1 aromatic rings. The number of ether oxygens (including phenoxy) is 2. The van der Waals surface area contributed by atoms with Gasteiger partial charge < -0.3 is 14.8 Å². The maximum absolute atomic E-state index is 12.0. The second kappa shape index (κ2) is 4.17. The zero-order valence-electron chi connectivity index (χ0n) is 10.3. The van der Waals surface area contributed by atoms with Crippen LogP contribution in [0.4, 0.5) is 10.5 Å². The number of amides is 1. The summed E-state index contributed by atoms with van der Waals surface area (Å²) in [4.78, 5) is 13.6. The van der Waals surface area contributed by atoms with Gasteiger partial charge in [0.15, 0.2) is 0 Å². The molecule has 1 atom stereocenters. The van der Waals surface area contributed by atoms with Gasteiger partial charge in [-0.3, -0.25) is 4.90 Å². The molecule has 3 rings (SSSR count). The van der Waals surface area contributed by atoms with Gasteiger partial charge in [0.05, 0.1) is 19.3 Å². The smallest absolute Gasteiger partial charge is 0.415 e. The Morgan fingerprint density at radius 2 is 2.39 bits per heavy atom. The first kappa shape index (κ1) is 11.3. The molecule has 0 aliphatic carbocycles. The Labute approximate surface area is 106 Å². The minimum atomic E-state index is -0.347. The largest absolute Gasteiger partial charge is 0.497 e. The molecule has 2 aliphatic heterocycles. The fraction of sp³-hybridized carbons (Fsp3) is 0.462. The van der Waals surface area contributed by atoms with Crippen LogP contribution in [0.2, 0.25) is 0 Å². The van der Waals surface area contributed by atoms with E-state index in [1.54, 1.807) is 12.0 Å². The van der Waals surface area contributed by atoms with Crippen LogP contribution in [0.25, 0.3) is 0 Å². The Kier molecular flexibility index (Phi) is 2.63. The lowest BCUT2D eigenvalue weighted by Crippen LogP contribution is -2.36. The first-order valence-corrected chi connectivity index (χ1v) is 6.08. The molecule has 2 aliphatic rings. The standard InChI is InChI=1S/C13H16N2O3/c1-17-11-4-2-3-10(7-11)15-9-13(18-12(15)16)5-6-14-8-13/h2-4,7,14H,5-6,8-9H2,1H3. The zero-order valence-corrected chi connectivity index (χ0v) is 10.3. The first-order chi connectivity index (χ1) is 8.72. The molecule has 1 N–H and O–H groups in total. The van der Waals surface area contributed by atoms with E-state index in [-0.39, 0.29) is 11.7 Å². The van der Waals surface area contributed by atoms with E-state index in [1.807, 2.05) is 24.3 Å². The number of methoxy groups -OCH3 is 1. The predicted molar refractivity (Wildman–Crippen MR) is 67.0 cm³/mol.